The van der Waals surface area contributed by atoms with Gasteiger partial charge in [-0.2, -0.15) is 0 Å². The van der Waals surface area contributed by atoms with Crippen molar-refractivity contribution in [2.75, 3.05) is 13.7 Å². The molecule has 1 aromatic rings. The number of nitrogens with zero attached hydrogens (tertiary/aromatic N) is 2. The van der Waals surface area contributed by atoms with Crippen LogP contribution in [0, 0.1) is 5.41 Å². The van der Waals surface area contributed by atoms with Crippen LogP contribution in [-0.4, -0.2) is 35.6 Å². The van der Waals surface area contributed by atoms with Gasteiger partial charge in [0, 0.05) is 26.0 Å². The molecule has 5 nitrogen and oxygen atoms in total. The fourth-order valence-electron chi connectivity index (χ4n) is 1.44. The summed E-state index contributed by atoms with van der Waals surface area (Å²) >= 11 is 0. The molecule has 1 amide bonds. The molecule has 0 saturated carbocycles. The number of carbonyl (C=O) groups excluding carboxylic acids is 1. The number of hydrogen-bond donors (Lipinski definition) is 1. The topological polar surface area (TPSA) is 64.1 Å². The molecule has 0 aliphatic heterocycles. The molecule has 0 aromatic carbocycles. The van der Waals surface area contributed by atoms with Crippen molar-refractivity contribution in [2.45, 2.75) is 26.9 Å². The van der Waals surface area contributed by atoms with E-state index in [0.29, 0.717) is 12.2 Å². The molecule has 1 atom stereocenters. The maximum absolute atomic E-state index is 11.7. The zero-order valence-corrected chi connectivity index (χ0v) is 10.7. The third-order valence-electron chi connectivity index (χ3n) is 2.49. The number of nitrogens with one attached hydrogen (secondary N) is 1. The molecular weight excluding hydrogens is 218 g/mol. The summed E-state index contributed by atoms with van der Waals surface area (Å²) in [5.74, 6) is -0.232. The second-order valence-electron chi connectivity index (χ2n) is 4.89. The van der Waals surface area contributed by atoms with Gasteiger partial charge in [-0.05, 0) is 5.41 Å². The smallest absolute Gasteiger partial charge is 0.271 e. The van der Waals surface area contributed by atoms with Crippen molar-refractivity contribution in [1.29, 1.82) is 0 Å². The largest absolute Gasteiger partial charge is 0.379 e. The first kappa shape index (κ1) is 13.6. The number of hydrogen-bond acceptors (Lipinski definition) is 4. The van der Waals surface area contributed by atoms with Gasteiger partial charge in [0.1, 0.15) is 5.69 Å². The van der Waals surface area contributed by atoms with Gasteiger partial charge in [-0.25, -0.2) is 4.98 Å². The monoisotopic (exact) mass is 237 g/mol. The van der Waals surface area contributed by atoms with Crippen LogP contribution in [0.2, 0.25) is 0 Å². The number of carbonyl (C=O) groups is 1. The Kier molecular flexibility index (Phi) is 4.57. The van der Waals surface area contributed by atoms with Gasteiger partial charge in [0.15, 0.2) is 0 Å². The minimum absolute atomic E-state index is 0.0234. The van der Waals surface area contributed by atoms with Gasteiger partial charge >= 0.3 is 0 Å². The van der Waals surface area contributed by atoms with E-state index < -0.39 is 0 Å². The first-order chi connectivity index (χ1) is 7.95. The zero-order chi connectivity index (χ0) is 12.9. The van der Waals surface area contributed by atoms with Crippen LogP contribution in [0.5, 0.6) is 0 Å². The summed E-state index contributed by atoms with van der Waals surface area (Å²) in [6.45, 7) is 6.65. The molecule has 1 rings (SSSR count). The Labute approximate surface area is 102 Å². The van der Waals surface area contributed by atoms with E-state index in [9.17, 15) is 4.79 Å². The maximum atomic E-state index is 11.7. The summed E-state index contributed by atoms with van der Waals surface area (Å²) in [5, 5.41) is 2.79. The van der Waals surface area contributed by atoms with Crippen LogP contribution in [0.25, 0.3) is 0 Å². The Balaban J connectivity index is 2.54. The molecule has 0 unspecified atom stereocenters. The molecule has 1 heterocycles. The lowest BCUT2D eigenvalue weighted by Crippen LogP contribution is -2.40. The van der Waals surface area contributed by atoms with Gasteiger partial charge in [0.2, 0.25) is 0 Å². The Morgan fingerprint density at radius 2 is 2.18 bits per heavy atom. The molecule has 0 radical (unpaired) electrons. The second-order valence-corrected chi connectivity index (χ2v) is 4.89. The van der Waals surface area contributed by atoms with Crippen LogP contribution < -0.4 is 5.32 Å². The number of ether oxygens (including phenoxy) is 1. The highest BCUT2D eigenvalue weighted by atomic mass is 16.5. The molecular formula is C12H19N3O2. The Bertz CT molecular complexity index is 360. The first-order valence-corrected chi connectivity index (χ1v) is 5.52. The highest BCUT2D eigenvalue weighted by molar-refractivity contribution is 5.91. The number of aromatic nitrogens is 2. The van der Waals surface area contributed by atoms with E-state index in [1.165, 1.54) is 18.6 Å². The standard InChI is InChI=1S/C12H19N3O2/c1-12(2,3)10(17-4)8-15-11(16)9-7-13-5-6-14-9/h5-7,10H,8H2,1-4H3,(H,15,16)/t10-/m1/s1. The SMILES string of the molecule is CO[C@H](CNC(=O)c1cnccn1)C(C)(C)C. The summed E-state index contributed by atoms with van der Waals surface area (Å²) in [4.78, 5) is 19.5. The Hall–Kier alpha value is -1.49. The maximum Gasteiger partial charge on any atom is 0.271 e. The summed E-state index contributed by atoms with van der Waals surface area (Å²) in [7, 11) is 1.64. The van der Waals surface area contributed by atoms with E-state index in [-0.39, 0.29) is 17.4 Å². The summed E-state index contributed by atoms with van der Waals surface area (Å²) in [6.07, 6.45) is 4.42. The average Bonchev–Trinajstić information content (AvgIpc) is 2.29. The van der Waals surface area contributed by atoms with E-state index in [1.807, 2.05) is 0 Å². The first-order valence-electron chi connectivity index (χ1n) is 5.52. The minimum atomic E-state index is -0.232. The lowest BCUT2D eigenvalue weighted by molar-refractivity contribution is 0.0175. The minimum Gasteiger partial charge on any atom is -0.379 e. The number of amides is 1. The van der Waals surface area contributed by atoms with Gasteiger partial charge < -0.3 is 10.1 Å². The third-order valence-corrected chi connectivity index (χ3v) is 2.49. The molecule has 1 N–H and O–H groups in total. The molecule has 0 aliphatic rings. The molecule has 0 bridgehead atoms. The summed E-state index contributed by atoms with van der Waals surface area (Å²) < 4.78 is 5.35. The summed E-state index contributed by atoms with van der Waals surface area (Å²) in [5.41, 5.74) is 0.293. The van der Waals surface area contributed by atoms with Crippen LogP contribution in [0.4, 0.5) is 0 Å². The predicted molar refractivity (Wildman–Crippen MR) is 64.6 cm³/mol. The van der Waals surface area contributed by atoms with Crippen molar-refractivity contribution in [3.63, 3.8) is 0 Å². The molecule has 94 valence electrons. The van der Waals surface area contributed by atoms with Crippen LogP contribution >= 0.6 is 0 Å². The Morgan fingerprint density at radius 1 is 1.47 bits per heavy atom. The fourth-order valence-corrected chi connectivity index (χ4v) is 1.44. The van der Waals surface area contributed by atoms with Gasteiger partial charge in [-0.15, -0.1) is 0 Å². The van der Waals surface area contributed by atoms with Crippen LogP contribution in [0.3, 0.4) is 0 Å². The lowest BCUT2D eigenvalue weighted by Gasteiger charge is -2.29. The van der Waals surface area contributed by atoms with Crippen LogP contribution in [-0.2, 0) is 4.74 Å². The van der Waals surface area contributed by atoms with Crippen molar-refractivity contribution in [1.82, 2.24) is 15.3 Å². The quantitative estimate of drug-likeness (QED) is 0.856. The van der Waals surface area contributed by atoms with Gasteiger partial charge in [-0.1, -0.05) is 20.8 Å². The highest BCUT2D eigenvalue weighted by Gasteiger charge is 2.24. The zero-order valence-electron chi connectivity index (χ0n) is 10.7. The number of rotatable bonds is 4. The molecule has 5 heteroatoms. The van der Waals surface area contributed by atoms with Crippen molar-refractivity contribution in [2.24, 2.45) is 5.41 Å². The second kappa shape index (κ2) is 5.72. The predicted octanol–water partition coefficient (Wildman–Crippen LogP) is 1.27. The van der Waals surface area contributed by atoms with Crippen molar-refractivity contribution >= 4 is 5.91 Å². The van der Waals surface area contributed by atoms with Crippen molar-refractivity contribution < 1.29 is 9.53 Å². The molecule has 0 spiro atoms. The van der Waals surface area contributed by atoms with Crippen LogP contribution in [0.1, 0.15) is 31.3 Å². The highest BCUT2D eigenvalue weighted by Crippen LogP contribution is 2.20. The average molecular weight is 237 g/mol. The van der Waals surface area contributed by atoms with Crippen LogP contribution in [0.15, 0.2) is 18.6 Å². The van der Waals surface area contributed by atoms with Crippen molar-refractivity contribution in [3.8, 4) is 0 Å². The Morgan fingerprint density at radius 3 is 2.65 bits per heavy atom. The number of methoxy groups -OCH3 is 1. The van der Waals surface area contributed by atoms with E-state index in [0.717, 1.165) is 0 Å². The molecule has 1 aromatic heterocycles. The molecule has 0 saturated heterocycles. The fraction of sp³-hybridized carbons (Fsp3) is 0.583. The van der Waals surface area contributed by atoms with E-state index in [2.05, 4.69) is 36.1 Å². The van der Waals surface area contributed by atoms with E-state index >= 15 is 0 Å². The molecule has 0 fully saturated rings. The molecule has 0 aliphatic carbocycles. The van der Waals surface area contributed by atoms with Gasteiger partial charge in [0.25, 0.3) is 5.91 Å². The lowest BCUT2D eigenvalue weighted by atomic mass is 9.89. The van der Waals surface area contributed by atoms with Crippen molar-refractivity contribution in [3.05, 3.63) is 24.3 Å². The summed E-state index contributed by atoms with van der Waals surface area (Å²) in [6, 6.07) is 0. The van der Waals surface area contributed by atoms with Gasteiger partial charge in [0.05, 0.1) is 12.3 Å². The van der Waals surface area contributed by atoms with E-state index in [4.69, 9.17) is 4.74 Å². The van der Waals surface area contributed by atoms with E-state index in [1.54, 1.807) is 7.11 Å². The normalized spacial score (nSPS) is 13.2. The molecule has 17 heavy (non-hydrogen) atoms. The third kappa shape index (κ3) is 4.11. The van der Waals surface area contributed by atoms with Gasteiger partial charge in [-0.3, -0.25) is 9.78 Å².